The van der Waals surface area contributed by atoms with E-state index >= 15 is 0 Å². The largest absolute Gasteiger partial charge is 0.389 e. The van der Waals surface area contributed by atoms with Crippen molar-refractivity contribution in [1.29, 1.82) is 0 Å². The Kier molecular flexibility index (Phi) is 7.20. The highest BCUT2D eigenvalue weighted by molar-refractivity contribution is 5.59. The summed E-state index contributed by atoms with van der Waals surface area (Å²) in [6.45, 7) is 10.5. The minimum Gasteiger partial charge on any atom is -0.389 e. The van der Waals surface area contributed by atoms with Gasteiger partial charge in [0.05, 0.1) is 31.9 Å². The number of ether oxygens (including phenoxy) is 2. The lowest BCUT2D eigenvalue weighted by Crippen LogP contribution is -2.51. The van der Waals surface area contributed by atoms with Crippen LogP contribution in [0.15, 0.2) is 4.99 Å². The quantitative estimate of drug-likeness (QED) is 0.580. The summed E-state index contributed by atoms with van der Waals surface area (Å²) >= 11 is 0. The molecule has 0 amide bonds. The maximum absolute atomic E-state index is 10.4. The first-order chi connectivity index (χ1) is 10.6. The first-order valence-corrected chi connectivity index (χ1v) is 8.18. The van der Waals surface area contributed by atoms with Crippen molar-refractivity contribution >= 4 is 6.21 Å². The SMILES string of the molecule is CC1(C)OCC(O)C(N2CCNCC=NCCNCC2)CO1. The summed E-state index contributed by atoms with van der Waals surface area (Å²) in [6.07, 6.45) is 1.39. The molecule has 0 aromatic heterocycles. The summed E-state index contributed by atoms with van der Waals surface area (Å²) in [4.78, 5) is 6.60. The van der Waals surface area contributed by atoms with E-state index in [0.717, 1.165) is 45.8 Å². The van der Waals surface area contributed by atoms with Gasteiger partial charge in [-0.05, 0) is 13.8 Å². The van der Waals surface area contributed by atoms with Crippen LogP contribution in [0.3, 0.4) is 0 Å². The molecule has 22 heavy (non-hydrogen) atoms. The normalized spacial score (nSPS) is 32.7. The highest BCUT2D eigenvalue weighted by Crippen LogP contribution is 2.20. The number of hydrogen-bond acceptors (Lipinski definition) is 7. The van der Waals surface area contributed by atoms with Crippen molar-refractivity contribution < 1.29 is 14.6 Å². The van der Waals surface area contributed by atoms with Crippen LogP contribution in [0, 0.1) is 0 Å². The molecule has 3 N–H and O–H groups in total. The molecular weight excluding hydrogens is 284 g/mol. The van der Waals surface area contributed by atoms with Gasteiger partial charge in [0.2, 0.25) is 0 Å². The summed E-state index contributed by atoms with van der Waals surface area (Å²) in [5.41, 5.74) is 0. The average molecular weight is 314 g/mol. The third-order valence-electron chi connectivity index (χ3n) is 4.05. The zero-order valence-corrected chi connectivity index (χ0v) is 13.8. The van der Waals surface area contributed by atoms with E-state index in [2.05, 4.69) is 20.5 Å². The van der Waals surface area contributed by atoms with Crippen molar-refractivity contribution in [2.24, 2.45) is 4.99 Å². The van der Waals surface area contributed by atoms with Crippen LogP contribution in [0.1, 0.15) is 13.8 Å². The van der Waals surface area contributed by atoms with Crippen LogP contribution >= 0.6 is 0 Å². The van der Waals surface area contributed by atoms with Gasteiger partial charge in [-0.15, -0.1) is 0 Å². The molecule has 7 nitrogen and oxygen atoms in total. The summed E-state index contributed by atoms with van der Waals surface area (Å²) < 4.78 is 11.4. The van der Waals surface area contributed by atoms with Crippen LogP contribution in [0.2, 0.25) is 0 Å². The highest BCUT2D eigenvalue weighted by Gasteiger charge is 2.34. The number of aliphatic hydroxyl groups is 1. The van der Waals surface area contributed by atoms with Crippen LogP contribution in [0.25, 0.3) is 0 Å². The van der Waals surface area contributed by atoms with Crippen molar-refractivity contribution in [1.82, 2.24) is 15.5 Å². The lowest BCUT2D eigenvalue weighted by atomic mass is 10.1. The fourth-order valence-corrected chi connectivity index (χ4v) is 2.66. The average Bonchev–Trinajstić information content (AvgIpc) is 2.60. The molecule has 2 unspecified atom stereocenters. The Hall–Kier alpha value is -0.570. The molecule has 0 aliphatic carbocycles. The second-order valence-electron chi connectivity index (χ2n) is 6.24. The molecule has 2 heterocycles. The lowest BCUT2D eigenvalue weighted by Gasteiger charge is -2.33. The molecule has 0 bridgehead atoms. The van der Waals surface area contributed by atoms with E-state index in [-0.39, 0.29) is 6.04 Å². The zero-order chi connectivity index (χ0) is 15.8. The maximum atomic E-state index is 10.4. The third-order valence-corrected chi connectivity index (χ3v) is 4.05. The molecule has 0 aromatic carbocycles. The van der Waals surface area contributed by atoms with Crippen molar-refractivity contribution in [2.45, 2.75) is 31.8 Å². The molecule has 2 aliphatic heterocycles. The van der Waals surface area contributed by atoms with Gasteiger partial charge in [0.25, 0.3) is 0 Å². The van der Waals surface area contributed by atoms with Crippen LogP contribution in [-0.2, 0) is 9.47 Å². The highest BCUT2D eigenvalue weighted by atomic mass is 16.7. The molecule has 128 valence electrons. The molecule has 7 heteroatoms. The van der Waals surface area contributed by atoms with Crippen molar-refractivity contribution in [3.63, 3.8) is 0 Å². The Morgan fingerprint density at radius 3 is 2.68 bits per heavy atom. The number of nitrogens with zero attached hydrogens (tertiary/aromatic N) is 2. The number of nitrogens with one attached hydrogen (secondary N) is 2. The number of hydrogen-bond donors (Lipinski definition) is 3. The molecule has 1 saturated heterocycles. The maximum Gasteiger partial charge on any atom is 0.162 e. The fraction of sp³-hybridized carbons (Fsp3) is 0.933. The summed E-state index contributed by atoms with van der Waals surface area (Å²) in [5, 5.41) is 17.2. The smallest absolute Gasteiger partial charge is 0.162 e. The van der Waals surface area contributed by atoms with Gasteiger partial charge in [-0.3, -0.25) is 9.89 Å². The van der Waals surface area contributed by atoms with Gasteiger partial charge in [0, 0.05) is 45.5 Å². The van der Waals surface area contributed by atoms with Crippen molar-refractivity contribution in [2.75, 3.05) is 59.0 Å². The number of aliphatic hydroxyl groups excluding tert-OH is 1. The zero-order valence-electron chi connectivity index (χ0n) is 13.8. The standard InChI is InChI=1S/C15H30N4O3/c1-15(2)21-11-13(14(20)12-22-15)19-9-7-17-5-3-16-4-6-18-8-10-19/h3,13-14,17-18,20H,4-12H2,1-2H3. The predicted molar refractivity (Wildman–Crippen MR) is 86.4 cm³/mol. The minimum absolute atomic E-state index is 0.0398. The van der Waals surface area contributed by atoms with Gasteiger partial charge in [0.1, 0.15) is 0 Å². The van der Waals surface area contributed by atoms with Crippen LogP contribution in [0.4, 0.5) is 0 Å². The van der Waals surface area contributed by atoms with Gasteiger partial charge in [-0.2, -0.15) is 0 Å². The lowest BCUT2D eigenvalue weighted by molar-refractivity contribution is -0.204. The molecule has 2 rings (SSSR count). The third kappa shape index (κ3) is 5.91. The van der Waals surface area contributed by atoms with Crippen LogP contribution < -0.4 is 10.6 Å². The van der Waals surface area contributed by atoms with Gasteiger partial charge in [-0.1, -0.05) is 0 Å². The van der Waals surface area contributed by atoms with Crippen LogP contribution in [-0.4, -0.2) is 93.2 Å². The summed E-state index contributed by atoms with van der Waals surface area (Å²) in [7, 11) is 0. The van der Waals surface area contributed by atoms with Gasteiger partial charge in [-0.25, -0.2) is 0 Å². The molecule has 0 radical (unpaired) electrons. The molecule has 0 aromatic rings. The predicted octanol–water partition coefficient (Wildman–Crippen LogP) is -0.936. The van der Waals surface area contributed by atoms with E-state index in [1.54, 1.807) is 0 Å². The van der Waals surface area contributed by atoms with E-state index in [9.17, 15) is 5.11 Å². The van der Waals surface area contributed by atoms with Gasteiger partial charge in [0.15, 0.2) is 5.79 Å². The summed E-state index contributed by atoms with van der Waals surface area (Å²) in [5.74, 6) is -0.630. The first kappa shape index (κ1) is 17.8. The van der Waals surface area contributed by atoms with Crippen molar-refractivity contribution in [3.8, 4) is 0 Å². The van der Waals surface area contributed by atoms with E-state index in [0.29, 0.717) is 13.2 Å². The molecular formula is C15H30N4O3. The van der Waals surface area contributed by atoms with E-state index in [1.165, 1.54) is 0 Å². The van der Waals surface area contributed by atoms with E-state index < -0.39 is 11.9 Å². The van der Waals surface area contributed by atoms with Crippen LogP contribution in [0.5, 0.6) is 0 Å². The topological polar surface area (TPSA) is 78.4 Å². The van der Waals surface area contributed by atoms with E-state index in [4.69, 9.17) is 9.47 Å². The number of aliphatic imine (C=N–C) groups is 1. The van der Waals surface area contributed by atoms with Gasteiger partial charge < -0.3 is 25.2 Å². The minimum atomic E-state index is -0.630. The Morgan fingerprint density at radius 2 is 1.86 bits per heavy atom. The molecule has 0 spiro atoms. The Labute approximate surface area is 133 Å². The Morgan fingerprint density at radius 1 is 1.14 bits per heavy atom. The summed E-state index contributed by atoms with van der Waals surface area (Å²) in [6, 6.07) is -0.0398. The van der Waals surface area contributed by atoms with Gasteiger partial charge >= 0.3 is 0 Å². The fourth-order valence-electron chi connectivity index (χ4n) is 2.66. The molecule has 1 fully saturated rings. The second kappa shape index (κ2) is 8.90. The monoisotopic (exact) mass is 314 g/mol. The van der Waals surface area contributed by atoms with E-state index in [1.807, 2.05) is 20.1 Å². The molecule has 2 aliphatic rings. The Balaban J connectivity index is 1.94. The molecule has 0 saturated carbocycles. The molecule has 2 atom stereocenters. The van der Waals surface area contributed by atoms with Crippen molar-refractivity contribution in [3.05, 3.63) is 0 Å². The first-order valence-electron chi connectivity index (χ1n) is 8.18. The second-order valence-corrected chi connectivity index (χ2v) is 6.24. The number of rotatable bonds is 1. The Bertz CT molecular complexity index is 352.